The topological polar surface area (TPSA) is 62.5 Å². The number of hydrogen-bond donors (Lipinski definition) is 1. The van der Waals surface area contributed by atoms with E-state index >= 15 is 0 Å². The predicted octanol–water partition coefficient (Wildman–Crippen LogP) is 3.16. The molecule has 1 saturated heterocycles. The maximum absolute atomic E-state index is 11.8. The number of anilines is 2. The molecule has 1 atom stereocenters. The Hall–Kier alpha value is -2.89. The third kappa shape index (κ3) is 2.60. The third-order valence-electron chi connectivity index (χ3n) is 4.48. The minimum atomic E-state index is 0.0351. The van der Waals surface area contributed by atoms with Gasteiger partial charge in [0, 0.05) is 19.2 Å². The second-order valence-electron chi connectivity index (χ2n) is 6.08. The van der Waals surface area contributed by atoms with E-state index in [0.717, 1.165) is 42.0 Å². The SMILES string of the molecule is CC(=O)N1CCCC1c1nnn2cc(Nc3ccccc3)ccc12. The molecule has 1 aliphatic heterocycles. The molecule has 6 heteroatoms. The van der Waals surface area contributed by atoms with E-state index in [1.54, 1.807) is 11.4 Å². The van der Waals surface area contributed by atoms with Gasteiger partial charge in [-0.05, 0) is 37.1 Å². The summed E-state index contributed by atoms with van der Waals surface area (Å²) in [6, 6.07) is 14.1. The van der Waals surface area contributed by atoms with Gasteiger partial charge in [-0.1, -0.05) is 23.4 Å². The Kier molecular flexibility index (Phi) is 3.65. The van der Waals surface area contributed by atoms with Gasteiger partial charge in [0.05, 0.1) is 23.4 Å². The van der Waals surface area contributed by atoms with Crippen molar-refractivity contribution in [1.82, 2.24) is 19.7 Å². The first-order valence-electron chi connectivity index (χ1n) is 8.16. The van der Waals surface area contributed by atoms with Gasteiger partial charge in [0.1, 0.15) is 5.69 Å². The highest BCUT2D eigenvalue weighted by Crippen LogP contribution is 2.33. The molecule has 3 heterocycles. The monoisotopic (exact) mass is 321 g/mol. The van der Waals surface area contributed by atoms with Crippen molar-refractivity contribution in [3.63, 3.8) is 0 Å². The number of amides is 1. The molecule has 1 N–H and O–H groups in total. The van der Waals surface area contributed by atoms with Crippen LogP contribution in [0.4, 0.5) is 11.4 Å². The summed E-state index contributed by atoms with van der Waals surface area (Å²) in [5, 5.41) is 11.9. The van der Waals surface area contributed by atoms with Crippen molar-refractivity contribution < 1.29 is 4.79 Å². The Morgan fingerprint density at radius 1 is 1.17 bits per heavy atom. The van der Waals surface area contributed by atoms with E-state index in [1.165, 1.54) is 0 Å². The second-order valence-corrected chi connectivity index (χ2v) is 6.08. The van der Waals surface area contributed by atoms with E-state index in [2.05, 4.69) is 15.6 Å². The summed E-state index contributed by atoms with van der Waals surface area (Å²) < 4.78 is 1.78. The smallest absolute Gasteiger partial charge is 0.220 e. The van der Waals surface area contributed by atoms with Crippen LogP contribution in [0.2, 0.25) is 0 Å². The van der Waals surface area contributed by atoms with Gasteiger partial charge in [0.15, 0.2) is 0 Å². The van der Waals surface area contributed by atoms with E-state index < -0.39 is 0 Å². The van der Waals surface area contributed by atoms with E-state index in [4.69, 9.17) is 0 Å². The molecule has 3 aromatic rings. The van der Waals surface area contributed by atoms with Crippen LogP contribution in [0.25, 0.3) is 5.52 Å². The van der Waals surface area contributed by atoms with Crippen LogP contribution in [-0.2, 0) is 4.79 Å². The number of para-hydroxylation sites is 1. The lowest BCUT2D eigenvalue weighted by atomic mass is 10.1. The molecule has 0 bridgehead atoms. The van der Waals surface area contributed by atoms with Gasteiger partial charge in [-0.3, -0.25) is 4.79 Å². The highest BCUT2D eigenvalue weighted by atomic mass is 16.2. The number of nitrogens with one attached hydrogen (secondary N) is 1. The fourth-order valence-corrected chi connectivity index (χ4v) is 3.34. The summed E-state index contributed by atoms with van der Waals surface area (Å²) in [5.74, 6) is 0.0982. The third-order valence-corrected chi connectivity index (χ3v) is 4.48. The predicted molar refractivity (Wildman–Crippen MR) is 92.1 cm³/mol. The van der Waals surface area contributed by atoms with E-state index in [1.807, 2.05) is 53.6 Å². The number of pyridine rings is 1. The normalized spacial score (nSPS) is 17.4. The minimum absolute atomic E-state index is 0.0351. The Morgan fingerprint density at radius 2 is 2.00 bits per heavy atom. The maximum Gasteiger partial charge on any atom is 0.220 e. The molecule has 0 saturated carbocycles. The van der Waals surface area contributed by atoms with Gasteiger partial charge in [-0.15, -0.1) is 5.10 Å². The fraction of sp³-hybridized carbons (Fsp3) is 0.278. The number of benzene rings is 1. The van der Waals surface area contributed by atoms with Crippen LogP contribution >= 0.6 is 0 Å². The average Bonchev–Trinajstić information content (AvgIpc) is 3.21. The molecular weight excluding hydrogens is 302 g/mol. The lowest BCUT2D eigenvalue weighted by molar-refractivity contribution is -0.129. The zero-order valence-electron chi connectivity index (χ0n) is 13.5. The van der Waals surface area contributed by atoms with Crippen molar-refractivity contribution >= 4 is 22.8 Å². The highest BCUT2D eigenvalue weighted by Gasteiger charge is 2.31. The van der Waals surface area contributed by atoms with Crippen LogP contribution < -0.4 is 5.32 Å². The molecule has 0 aliphatic carbocycles. The van der Waals surface area contributed by atoms with Gasteiger partial charge >= 0.3 is 0 Å². The standard InChI is InChI=1S/C18H19N5O/c1-13(24)22-11-5-8-16(22)18-17-10-9-15(12-23(17)21-20-18)19-14-6-3-2-4-7-14/h2-4,6-7,9-10,12,16,19H,5,8,11H2,1H3. The van der Waals surface area contributed by atoms with Gasteiger partial charge in [0.2, 0.25) is 5.91 Å². The Balaban J connectivity index is 1.65. The van der Waals surface area contributed by atoms with Crippen LogP contribution in [0.3, 0.4) is 0 Å². The molecule has 1 amide bonds. The lowest BCUT2D eigenvalue weighted by Gasteiger charge is -2.21. The van der Waals surface area contributed by atoms with Crippen LogP contribution in [0.1, 0.15) is 31.5 Å². The van der Waals surface area contributed by atoms with E-state index in [9.17, 15) is 4.79 Å². The Bertz CT molecular complexity index is 874. The van der Waals surface area contributed by atoms with E-state index in [-0.39, 0.29) is 11.9 Å². The zero-order valence-corrected chi connectivity index (χ0v) is 13.5. The number of rotatable bonds is 3. The molecule has 2 aromatic heterocycles. The highest BCUT2D eigenvalue weighted by molar-refractivity contribution is 5.74. The molecular formula is C18H19N5O. The zero-order chi connectivity index (χ0) is 16.5. The van der Waals surface area contributed by atoms with Crippen LogP contribution in [-0.4, -0.2) is 32.2 Å². The number of hydrogen-bond acceptors (Lipinski definition) is 4. The molecule has 6 nitrogen and oxygen atoms in total. The molecule has 0 spiro atoms. The summed E-state index contributed by atoms with van der Waals surface area (Å²) in [4.78, 5) is 13.7. The molecule has 1 fully saturated rings. The second kappa shape index (κ2) is 5.96. The first-order chi connectivity index (χ1) is 11.7. The maximum atomic E-state index is 11.8. The molecule has 1 aliphatic rings. The van der Waals surface area contributed by atoms with Gasteiger partial charge in [-0.25, -0.2) is 4.52 Å². The minimum Gasteiger partial charge on any atom is -0.354 e. The summed E-state index contributed by atoms with van der Waals surface area (Å²) in [6.45, 7) is 2.42. The number of nitrogens with zero attached hydrogens (tertiary/aromatic N) is 4. The van der Waals surface area contributed by atoms with Gasteiger partial charge in [0.25, 0.3) is 0 Å². The summed E-state index contributed by atoms with van der Waals surface area (Å²) >= 11 is 0. The van der Waals surface area contributed by atoms with Gasteiger partial charge < -0.3 is 10.2 Å². The van der Waals surface area contributed by atoms with Crippen molar-refractivity contribution in [2.24, 2.45) is 0 Å². The van der Waals surface area contributed by atoms with Crippen LogP contribution in [0, 0.1) is 0 Å². The molecule has 1 aromatic carbocycles. The average molecular weight is 321 g/mol. The molecule has 4 rings (SSSR count). The van der Waals surface area contributed by atoms with Gasteiger partial charge in [-0.2, -0.15) is 0 Å². The van der Waals surface area contributed by atoms with Crippen molar-refractivity contribution in [2.45, 2.75) is 25.8 Å². The number of carbonyl (C=O) groups excluding carboxylic acids is 1. The van der Waals surface area contributed by atoms with Crippen molar-refractivity contribution in [3.05, 3.63) is 54.4 Å². The van der Waals surface area contributed by atoms with Crippen LogP contribution in [0.5, 0.6) is 0 Å². The number of fused-ring (bicyclic) bond motifs is 1. The van der Waals surface area contributed by atoms with E-state index in [0.29, 0.717) is 0 Å². The quantitative estimate of drug-likeness (QED) is 0.805. The summed E-state index contributed by atoms with van der Waals surface area (Å²) in [6.07, 6.45) is 3.88. The summed E-state index contributed by atoms with van der Waals surface area (Å²) in [5.41, 5.74) is 3.80. The number of aromatic nitrogens is 3. The molecule has 24 heavy (non-hydrogen) atoms. The fourth-order valence-electron chi connectivity index (χ4n) is 3.34. The lowest BCUT2D eigenvalue weighted by Crippen LogP contribution is -2.28. The van der Waals surface area contributed by atoms with Crippen molar-refractivity contribution in [2.75, 3.05) is 11.9 Å². The Morgan fingerprint density at radius 3 is 2.79 bits per heavy atom. The summed E-state index contributed by atoms with van der Waals surface area (Å²) in [7, 11) is 0. The Labute approximate surface area is 140 Å². The van der Waals surface area contributed by atoms with Crippen molar-refractivity contribution in [3.8, 4) is 0 Å². The van der Waals surface area contributed by atoms with Crippen molar-refractivity contribution in [1.29, 1.82) is 0 Å². The largest absolute Gasteiger partial charge is 0.354 e. The molecule has 0 radical (unpaired) electrons. The number of likely N-dealkylation sites (tertiary alicyclic amines) is 1. The van der Waals surface area contributed by atoms with Crippen LogP contribution in [0.15, 0.2) is 48.7 Å². The molecule has 1 unspecified atom stereocenters. The molecule has 122 valence electrons. The first-order valence-corrected chi connectivity index (χ1v) is 8.16. The number of carbonyl (C=O) groups is 1. The first kappa shape index (κ1) is 14.7.